The molecule has 0 aromatic rings. The van der Waals surface area contributed by atoms with Crippen molar-refractivity contribution in [2.24, 2.45) is 11.8 Å². The lowest BCUT2D eigenvalue weighted by Gasteiger charge is -2.24. The van der Waals surface area contributed by atoms with Gasteiger partial charge in [-0.3, -0.25) is 0 Å². The number of urea groups is 1. The van der Waals surface area contributed by atoms with Gasteiger partial charge in [0.05, 0.1) is 0 Å². The molecule has 0 saturated carbocycles. The van der Waals surface area contributed by atoms with Crippen LogP contribution in [0, 0.1) is 11.8 Å². The number of aliphatic hydroxyl groups excluding tert-OH is 1. The van der Waals surface area contributed by atoms with Crippen LogP contribution in [-0.2, 0) is 0 Å². The van der Waals surface area contributed by atoms with Gasteiger partial charge in [0.15, 0.2) is 0 Å². The van der Waals surface area contributed by atoms with Crippen LogP contribution in [0.4, 0.5) is 4.79 Å². The van der Waals surface area contributed by atoms with Crippen molar-refractivity contribution in [1.82, 2.24) is 10.6 Å². The van der Waals surface area contributed by atoms with Crippen LogP contribution in [0.5, 0.6) is 0 Å². The highest BCUT2D eigenvalue weighted by Gasteiger charge is 2.16. The second-order valence-electron chi connectivity index (χ2n) is 4.74. The van der Waals surface area contributed by atoms with Crippen LogP contribution in [0.3, 0.4) is 0 Å². The number of carbonyl (C=O) groups is 1. The van der Waals surface area contributed by atoms with Crippen LogP contribution < -0.4 is 10.6 Å². The van der Waals surface area contributed by atoms with Crippen molar-refractivity contribution in [2.45, 2.75) is 53.1 Å². The highest BCUT2D eigenvalue weighted by Crippen LogP contribution is 2.06. The summed E-state index contributed by atoms with van der Waals surface area (Å²) in [6.45, 7) is 10.1. The average molecular weight is 230 g/mol. The largest absolute Gasteiger partial charge is 0.396 e. The third-order valence-corrected chi connectivity index (χ3v) is 3.36. The first-order valence-electron chi connectivity index (χ1n) is 6.10. The number of aliphatic hydroxyl groups is 1. The van der Waals surface area contributed by atoms with E-state index in [2.05, 4.69) is 24.5 Å². The molecule has 4 nitrogen and oxygen atoms in total. The minimum atomic E-state index is -0.152. The lowest BCUT2D eigenvalue weighted by molar-refractivity contribution is 0.197. The molecule has 96 valence electrons. The molecule has 0 aliphatic carbocycles. The van der Waals surface area contributed by atoms with Gasteiger partial charge in [-0.2, -0.15) is 0 Å². The molecular formula is C12H26N2O2. The third-order valence-electron chi connectivity index (χ3n) is 3.36. The van der Waals surface area contributed by atoms with Crippen molar-refractivity contribution < 1.29 is 9.90 Å². The monoisotopic (exact) mass is 230 g/mol. The van der Waals surface area contributed by atoms with Crippen LogP contribution >= 0.6 is 0 Å². The van der Waals surface area contributed by atoms with E-state index in [1.807, 2.05) is 20.8 Å². The molecule has 0 spiro atoms. The van der Waals surface area contributed by atoms with Gasteiger partial charge in [-0.25, -0.2) is 4.79 Å². The quantitative estimate of drug-likeness (QED) is 0.651. The maximum atomic E-state index is 11.6. The van der Waals surface area contributed by atoms with Crippen molar-refractivity contribution in [2.75, 3.05) is 6.61 Å². The molecule has 0 heterocycles. The molecule has 0 bridgehead atoms. The van der Waals surface area contributed by atoms with Gasteiger partial charge in [0.2, 0.25) is 0 Å². The Kier molecular flexibility index (Phi) is 7.13. The molecule has 0 aromatic heterocycles. The zero-order valence-corrected chi connectivity index (χ0v) is 11.1. The maximum Gasteiger partial charge on any atom is 0.315 e. The predicted molar refractivity (Wildman–Crippen MR) is 66.3 cm³/mol. The molecule has 4 atom stereocenters. The average Bonchev–Trinajstić information content (AvgIpc) is 2.26. The maximum absolute atomic E-state index is 11.6. The molecule has 4 heteroatoms. The van der Waals surface area contributed by atoms with Gasteiger partial charge in [-0.1, -0.05) is 27.2 Å². The molecule has 4 unspecified atom stereocenters. The molecule has 0 saturated heterocycles. The van der Waals surface area contributed by atoms with E-state index in [1.165, 1.54) is 0 Å². The molecular weight excluding hydrogens is 204 g/mol. The molecule has 3 N–H and O–H groups in total. The highest BCUT2D eigenvalue weighted by atomic mass is 16.3. The number of nitrogens with one attached hydrogen (secondary N) is 2. The van der Waals surface area contributed by atoms with Crippen LogP contribution in [0.2, 0.25) is 0 Å². The van der Waals surface area contributed by atoms with Gasteiger partial charge in [-0.05, 0) is 25.7 Å². The normalized spacial score (nSPS) is 18.4. The molecule has 2 amide bonds. The van der Waals surface area contributed by atoms with E-state index in [0.29, 0.717) is 5.92 Å². The predicted octanol–water partition coefficient (Wildman–Crippen LogP) is 1.74. The Morgan fingerprint density at radius 1 is 1.06 bits per heavy atom. The highest BCUT2D eigenvalue weighted by molar-refractivity contribution is 5.74. The summed E-state index contributed by atoms with van der Waals surface area (Å²) in [5.74, 6) is 0.543. The van der Waals surface area contributed by atoms with Crippen LogP contribution in [0.15, 0.2) is 0 Å². The number of rotatable bonds is 6. The fourth-order valence-electron chi connectivity index (χ4n) is 1.25. The Hall–Kier alpha value is -0.770. The lowest BCUT2D eigenvalue weighted by atomic mass is 10.0. The van der Waals surface area contributed by atoms with Gasteiger partial charge in [-0.15, -0.1) is 0 Å². The van der Waals surface area contributed by atoms with E-state index in [1.54, 1.807) is 0 Å². The third kappa shape index (κ3) is 5.35. The van der Waals surface area contributed by atoms with Crippen LogP contribution in [0.1, 0.15) is 41.0 Å². The second kappa shape index (κ2) is 7.49. The van der Waals surface area contributed by atoms with Gasteiger partial charge < -0.3 is 15.7 Å². The first kappa shape index (κ1) is 15.2. The Morgan fingerprint density at radius 2 is 1.50 bits per heavy atom. The van der Waals surface area contributed by atoms with Crippen molar-refractivity contribution in [3.8, 4) is 0 Å². The molecule has 0 aromatic carbocycles. The topological polar surface area (TPSA) is 61.4 Å². The zero-order chi connectivity index (χ0) is 12.7. The summed E-state index contributed by atoms with van der Waals surface area (Å²) in [7, 11) is 0. The molecule has 0 aliphatic rings. The Balaban J connectivity index is 3.99. The Bertz CT molecular complexity index is 189. The minimum absolute atomic E-state index is 0.0193. The van der Waals surface area contributed by atoms with Crippen LogP contribution in [-0.4, -0.2) is 29.8 Å². The summed E-state index contributed by atoms with van der Waals surface area (Å²) in [6.07, 6.45) is 1.05. The number of carbonyl (C=O) groups excluding carboxylic acids is 1. The standard InChI is InChI=1S/C12H26N2O2/c1-6-8(2)10(4)13-12(16)14-11(5)9(3)7-15/h8-11,15H,6-7H2,1-5H3,(H2,13,14,16). The van der Waals surface area contributed by atoms with Crippen molar-refractivity contribution >= 4 is 6.03 Å². The van der Waals surface area contributed by atoms with Gasteiger partial charge in [0, 0.05) is 18.7 Å². The summed E-state index contributed by atoms with van der Waals surface area (Å²) >= 11 is 0. The Labute approximate surface area is 98.8 Å². The van der Waals surface area contributed by atoms with E-state index in [9.17, 15) is 4.79 Å². The van der Waals surface area contributed by atoms with E-state index < -0.39 is 0 Å². The van der Waals surface area contributed by atoms with Crippen LogP contribution in [0.25, 0.3) is 0 Å². The van der Waals surface area contributed by atoms with E-state index in [0.717, 1.165) is 6.42 Å². The first-order chi connectivity index (χ1) is 7.42. The molecule has 0 radical (unpaired) electrons. The summed E-state index contributed by atoms with van der Waals surface area (Å²) in [6, 6.07) is -0.00337. The summed E-state index contributed by atoms with van der Waals surface area (Å²) in [5, 5.41) is 14.7. The van der Waals surface area contributed by atoms with Crippen molar-refractivity contribution in [1.29, 1.82) is 0 Å². The summed E-state index contributed by atoms with van der Waals surface area (Å²) in [5.41, 5.74) is 0. The number of amides is 2. The lowest BCUT2D eigenvalue weighted by Crippen LogP contribution is -2.48. The van der Waals surface area contributed by atoms with Gasteiger partial charge in [0.25, 0.3) is 0 Å². The smallest absolute Gasteiger partial charge is 0.315 e. The van der Waals surface area contributed by atoms with E-state index in [-0.39, 0.29) is 30.6 Å². The molecule has 0 rings (SSSR count). The van der Waals surface area contributed by atoms with E-state index >= 15 is 0 Å². The van der Waals surface area contributed by atoms with E-state index in [4.69, 9.17) is 5.11 Å². The minimum Gasteiger partial charge on any atom is -0.396 e. The summed E-state index contributed by atoms with van der Waals surface area (Å²) < 4.78 is 0. The fraction of sp³-hybridized carbons (Fsp3) is 0.917. The van der Waals surface area contributed by atoms with Gasteiger partial charge in [0.1, 0.15) is 0 Å². The Morgan fingerprint density at radius 3 is 1.88 bits per heavy atom. The fourth-order valence-corrected chi connectivity index (χ4v) is 1.25. The molecule has 0 aliphatic heterocycles. The number of hydrogen-bond donors (Lipinski definition) is 3. The summed E-state index contributed by atoms with van der Waals surface area (Å²) in [4.78, 5) is 11.6. The first-order valence-corrected chi connectivity index (χ1v) is 6.10. The molecule has 16 heavy (non-hydrogen) atoms. The second-order valence-corrected chi connectivity index (χ2v) is 4.74. The van der Waals surface area contributed by atoms with Crippen molar-refractivity contribution in [3.63, 3.8) is 0 Å². The molecule has 0 fully saturated rings. The number of hydrogen-bond acceptors (Lipinski definition) is 2. The zero-order valence-electron chi connectivity index (χ0n) is 11.1. The van der Waals surface area contributed by atoms with Gasteiger partial charge >= 0.3 is 6.03 Å². The SMILES string of the molecule is CCC(C)C(C)NC(=O)NC(C)C(C)CO. The van der Waals surface area contributed by atoms with Crippen molar-refractivity contribution in [3.05, 3.63) is 0 Å².